The lowest BCUT2D eigenvalue weighted by atomic mass is 10.1. The summed E-state index contributed by atoms with van der Waals surface area (Å²) in [5.41, 5.74) is 3.14. The molecule has 0 unspecified atom stereocenters. The van der Waals surface area contributed by atoms with Crippen LogP contribution in [-0.4, -0.2) is 20.1 Å². The van der Waals surface area contributed by atoms with Crippen LogP contribution >= 0.6 is 15.9 Å². The monoisotopic (exact) mass is 450 g/mol. The molecule has 3 aromatic rings. The quantitative estimate of drug-likeness (QED) is 0.582. The molecule has 142 valence electrons. The van der Waals surface area contributed by atoms with E-state index in [1.807, 2.05) is 25.1 Å². The molecule has 2 N–H and O–H groups in total. The van der Waals surface area contributed by atoms with Crippen molar-refractivity contribution in [3.63, 3.8) is 0 Å². The van der Waals surface area contributed by atoms with E-state index in [-0.39, 0.29) is 17.4 Å². The number of furan rings is 1. The number of sulfonamides is 1. The van der Waals surface area contributed by atoms with Crippen molar-refractivity contribution in [3.05, 3.63) is 57.8 Å². The number of hydrogen-bond acceptors (Lipinski definition) is 4. The minimum absolute atomic E-state index is 0.00757. The van der Waals surface area contributed by atoms with Crippen LogP contribution in [0.3, 0.4) is 0 Å². The number of rotatable bonds is 5. The van der Waals surface area contributed by atoms with E-state index in [1.54, 1.807) is 32.0 Å². The first-order valence-corrected chi connectivity index (χ1v) is 10.8. The van der Waals surface area contributed by atoms with E-state index < -0.39 is 10.0 Å². The molecule has 1 aromatic heterocycles. The highest BCUT2D eigenvalue weighted by atomic mass is 79.9. The highest BCUT2D eigenvalue weighted by molar-refractivity contribution is 9.10. The van der Waals surface area contributed by atoms with E-state index in [4.69, 9.17) is 4.42 Å². The molecular formula is C19H19BrN2O4S. The number of carbonyl (C=O) groups is 1. The van der Waals surface area contributed by atoms with Crippen molar-refractivity contribution in [2.24, 2.45) is 0 Å². The molecule has 1 amide bonds. The largest absolute Gasteiger partial charge is 0.451 e. The van der Waals surface area contributed by atoms with Gasteiger partial charge < -0.3 is 9.73 Å². The number of aryl methyl sites for hydroxylation is 2. The van der Waals surface area contributed by atoms with Crippen LogP contribution < -0.4 is 10.0 Å². The van der Waals surface area contributed by atoms with Crippen molar-refractivity contribution >= 4 is 54.2 Å². The Morgan fingerprint density at radius 3 is 2.56 bits per heavy atom. The standard InChI is InChI=1S/C19H19BrN2O4S/c1-4-27(24,25)22-16-7-6-14(9-11(16)2)21-19(23)18-12(3)15-10-13(20)5-8-17(15)26-18/h5-10,22H,4H2,1-3H3,(H,21,23). The van der Waals surface area contributed by atoms with E-state index >= 15 is 0 Å². The van der Waals surface area contributed by atoms with Crippen LogP contribution in [0.4, 0.5) is 11.4 Å². The number of benzene rings is 2. The fourth-order valence-corrected chi connectivity index (χ4v) is 3.76. The van der Waals surface area contributed by atoms with Gasteiger partial charge in [0.2, 0.25) is 10.0 Å². The first-order valence-electron chi connectivity index (χ1n) is 8.31. The molecule has 0 aliphatic rings. The molecule has 1 heterocycles. The Balaban J connectivity index is 1.84. The summed E-state index contributed by atoms with van der Waals surface area (Å²) in [5.74, 6) is -0.121. The minimum atomic E-state index is -3.35. The van der Waals surface area contributed by atoms with Gasteiger partial charge in [-0.05, 0) is 62.7 Å². The van der Waals surface area contributed by atoms with Gasteiger partial charge in [0.1, 0.15) is 5.58 Å². The number of hydrogen-bond donors (Lipinski definition) is 2. The predicted octanol–water partition coefficient (Wildman–Crippen LogP) is 4.83. The number of halogens is 1. The summed E-state index contributed by atoms with van der Waals surface area (Å²) in [6.07, 6.45) is 0. The minimum Gasteiger partial charge on any atom is -0.451 e. The van der Waals surface area contributed by atoms with Crippen LogP contribution in [0.15, 0.2) is 45.3 Å². The zero-order chi connectivity index (χ0) is 19.8. The van der Waals surface area contributed by atoms with Crippen molar-refractivity contribution in [3.8, 4) is 0 Å². The Kier molecular flexibility index (Phi) is 5.30. The number of amides is 1. The number of carbonyl (C=O) groups excluding carboxylic acids is 1. The van der Waals surface area contributed by atoms with Crippen LogP contribution in [0.5, 0.6) is 0 Å². The Labute approximate surface area is 166 Å². The lowest BCUT2D eigenvalue weighted by Gasteiger charge is -2.11. The van der Waals surface area contributed by atoms with Gasteiger partial charge >= 0.3 is 0 Å². The van der Waals surface area contributed by atoms with Gasteiger partial charge in [-0.3, -0.25) is 9.52 Å². The van der Waals surface area contributed by atoms with Crippen LogP contribution in [0.2, 0.25) is 0 Å². The fraction of sp³-hybridized carbons (Fsp3) is 0.211. The molecule has 3 rings (SSSR count). The average Bonchev–Trinajstić information content (AvgIpc) is 2.94. The normalized spacial score (nSPS) is 11.6. The molecule has 0 spiro atoms. The van der Waals surface area contributed by atoms with Gasteiger partial charge in [0.15, 0.2) is 5.76 Å². The molecule has 0 atom stereocenters. The summed E-state index contributed by atoms with van der Waals surface area (Å²) in [6.45, 7) is 5.18. The Morgan fingerprint density at radius 1 is 1.15 bits per heavy atom. The lowest BCUT2D eigenvalue weighted by Crippen LogP contribution is -2.16. The van der Waals surface area contributed by atoms with Gasteiger partial charge in [-0.25, -0.2) is 8.42 Å². The first kappa shape index (κ1) is 19.4. The van der Waals surface area contributed by atoms with E-state index in [1.165, 1.54) is 0 Å². The molecular weight excluding hydrogens is 432 g/mol. The summed E-state index contributed by atoms with van der Waals surface area (Å²) < 4.78 is 32.6. The molecule has 0 saturated heterocycles. The molecule has 0 aliphatic heterocycles. The van der Waals surface area contributed by atoms with Crippen molar-refractivity contribution in [2.45, 2.75) is 20.8 Å². The highest BCUT2D eigenvalue weighted by Crippen LogP contribution is 2.29. The van der Waals surface area contributed by atoms with Gasteiger partial charge in [0, 0.05) is 21.1 Å². The summed E-state index contributed by atoms with van der Waals surface area (Å²) in [4.78, 5) is 12.6. The van der Waals surface area contributed by atoms with Crippen molar-refractivity contribution < 1.29 is 17.6 Å². The van der Waals surface area contributed by atoms with Crippen molar-refractivity contribution in [2.75, 3.05) is 15.8 Å². The average molecular weight is 451 g/mol. The summed E-state index contributed by atoms with van der Waals surface area (Å²) >= 11 is 3.42. The van der Waals surface area contributed by atoms with Crippen LogP contribution in [0.1, 0.15) is 28.6 Å². The van der Waals surface area contributed by atoms with Gasteiger partial charge in [0.25, 0.3) is 5.91 Å². The molecule has 8 heteroatoms. The predicted molar refractivity (Wildman–Crippen MR) is 111 cm³/mol. The maximum absolute atomic E-state index is 12.6. The first-order chi connectivity index (χ1) is 12.7. The SMILES string of the molecule is CCS(=O)(=O)Nc1ccc(NC(=O)c2oc3ccc(Br)cc3c2C)cc1C. The lowest BCUT2D eigenvalue weighted by molar-refractivity contribution is 0.0998. The number of anilines is 2. The van der Waals surface area contributed by atoms with Crippen molar-refractivity contribution in [1.82, 2.24) is 0 Å². The van der Waals surface area contributed by atoms with Gasteiger partial charge in [-0.15, -0.1) is 0 Å². The second-order valence-electron chi connectivity index (χ2n) is 6.19. The zero-order valence-electron chi connectivity index (χ0n) is 15.1. The van der Waals surface area contributed by atoms with Crippen LogP contribution in [-0.2, 0) is 10.0 Å². The summed E-state index contributed by atoms with van der Waals surface area (Å²) in [6, 6.07) is 10.5. The van der Waals surface area contributed by atoms with Gasteiger partial charge in [-0.2, -0.15) is 0 Å². The molecule has 0 fully saturated rings. The molecule has 0 bridgehead atoms. The van der Waals surface area contributed by atoms with Crippen LogP contribution in [0.25, 0.3) is 11.0 Å². The Bertz CT molecular complexity index is 1140. The molecule has 6 nitrogen and oxygen atoms in total. The third kappa shape index (κ3) is 4.17. The number of nitrogens with one attached hydrogen (secondary N) is 2. The zero-order valence-corrected chi connectivity index (χ0v) is 17.5. The van der Waals surface area contributed by atoms with E-state index in [0.29, 0.717) is 22.5 Å². The molecule has 27 heavy (non-hydrogen) atoms. The fourth-order valence-electron chi connectivity index (χ4n) is 2.69. The molecule has 0 saturated carbocycles. The molecule has 0 aliphatic carbocycles. The van der Waals surface area contributed by atoms with E-state index in [0.717, 1.165) is 15.4 Å². The third-order valence-corrected chi connectivity index (χ3v) is 6.02. The number of fused-ring (bicyclic) bond motifs is 1. The van der Waals surface area contributed by atoms with Gasteiger partial charge in [-0.1, -0.05) is 15.9 Å². The highest BCUT2D eigenvalue weighted by Gasteiger charge is 2.18. The van der Waals surface area contributed by atoms with Gasteiger partial charge in [0.05, 0.1) is 11.4 Å². The maximum Gasteiger partial charge on any atom is 0.291 e. The third-order valence-electron chi connectivity index (χ3n) is 4.23. The van der Waals surface area contributed by atoms with Crippen molar-refractivity contribution in [1.29, 1.82) is 0 Å². The van der Waals surface area contributed by atoms with Crippen LogP contribution in [0, 0.1) is 13.8 Å². The summed E-state index contributed by atoms with van der Waals surface area (Å²) in [5, 5.41) is 3.67. The second kappa shape index (κ2) is 7.36. The molecule has 2 aromatic carbocycles. The smallest absolute Gasteiger partial charge is 0.291 e. The topological polar surface area (TPSA) is 88.4 Å². The van der Waals surface area contributed by atoms with E-state index in [9.17, 15) is 13.2 Å². The summed E-state index contributed by atoms with van der Waals surface area (Å²) in [7, 11) is -3.35. The maximum atomic E-state index is 12.6. The Morgan fingerprint density at radius 2 is 1.89 bits per heavy atom. The van der Waals surface area contributed by atoms with E-state index in [2.05, 4.69) is 26.0 Å². The molecule has 0 radical (unpaired) electrons. The Hall–Kier alpha value is -2.32. The second-order valence-corrected chi connectivity index (χ2v) is 9.11.